The van der Waals surface area contributed by atoms with Crippen LogP contribution in [0.15, 0.2) is 36.8 Å². The number of hydrogen-bond acceptors (Lipinski definition) is 7. The summed E-state index contributed by atoms with van der Waals surface area (Å²) in [5, 5.41) is 10.7. The van der Waals surface area contributed by atoms with E-state index in [-0.39, 0.29) is 23.4 Å². The summed E-state index contributed by atoms with van der Waals surface area (Å²) in [4.78, 5) is 24.4. The van der Waals surface area contributed by atoms with E-state index in [0.29, 0.717) is 28.1 Å². The molecular formula is C22H22FN7O2. The average molecular weight is 435 g/mol. The molecule has 1 aliphatic carbocycles. The molecule has 1 aliphatic rings. The third-order valence-corrected chi connectivity index (χ3v) is 5.71. The smallest absolute Gasteiger partial charge is 0.244 e. The van der Waals surface area contributed by atoms with Crippen molar-refractivity contribution in [3.8, 4) is 17.0 Å². The third kappa shape index (κ3) is 3.47. The molecular weight excluding hydrogens is 413 g/mol. The van der Waals surface area contributed by atoms with Gasteiger partial charge in [-0.15, -0.1) is 5.10 Å². The second-order valence-corrected chi connectivity index (χ2v) is 8.34. The van der Waals surface area contributed by atoms with Gasteiger partial charge in [0.25, 0.3) is 0 Å². The van der Waals surface area contributed by atoms with Gasteiger partial charge in [0.2, 0.25) is 17.7 Å². The van der Waals surface area contributed by atoms with Crippen molar-refractivity contribution in [3.63, 3.8) is 0 Å². The fraction of sp³-hybridized carbons (Fsp3) is 0.318. The molecule has 9 nitrogen and oxygen atoms in total. The summed E-state index contributed by atoms with van der Waals surface area (Å²) in [6.45, 7) is 3.51. The molecule has 2 N–H and O–H groups in total. The number of anilines is 1. The fourth-order valence-electron chi connectivity index (χ4n) is 4.46. The molecule has 164 valence electrons. The molecule has 3 heterocycles. The van der Waals surface area contributed by atoms with Crippen molar-refractivity contribution in [2.45, 2.75) is 38.3 Å². The van der Waals surface area contributed by atoms with Gasteiger partial charge >= 0.3 is 0 Å². The van der Waals surface area contributed by atoms with E-state index in [1.807, 2.05) is 6.92 Å². The predicted molar refractivity (Wildman–Crippen MR) is 117 cm³/mol. The Hall–Kier alpha value is -3.82. The Bertz CT molecular complexity index is 1350. The maximum Gasteiger partial charge on any atom is 0.244 e. The van der Waals surface area contributed by atoms with Crippen molar-refractivity contribution < 1.29 is 13.9 Å². The normalized spacial score (nSPS) is 20.2. The molecule has 1 fully saturated rings. The first-order valence-corrected chi connectivity index (χ1v) is 10.2. The van der Waals surface area contributed by atoms with Gasteiger partial charge in [-0.3, -0.25) is 14.8 Å². The van der Waals surface area contributed by atoms with E-state index < -0.39 is 5.82 Å². The maximum atomic E-state index is 15.1. The summed E-state index contributed by atoms with van der Waals surface area (Å²) >= 11 is 0. The van der Waals surface area contributed by atoms with Gasteiger partial charge in [-0.05, 0) is 37.5 Å². The zero-order valence-corrected chi connectivity index (χ0v) is 17.9. The van der Waals surface area contributed by atoms with E-state index in [1.165, 1.54) is 24.7 Å². The summed E-state index contributed by atoms with van der Waals surface area (Å²) < 4.78 is 22.0. The zero-order chi connectivity index (χ0) is 22.5. The van der Waals surface area contributed by atoms with Crippen LogP contribution in [0.4, 0.5) is 10.3 Å². The fourth-order valence-corrected chi connectivity index (χ4v) is 4.46. The Morgan fingerprint density at radius 2 is 2.00 bits per heavy atom. The SMILES string of the molecule is COc1nc(NC2CC(C)(NC(C)=O)C2)nn2cc(F)c(-c3ccc4nccnc4c3)c12. The van der Waals surface area contributed by atoms with E-state index in [1.54, 1.807) is 30.6 Å². The van der Waals surface area contributed by atoms with E-state index >= 15 is 4.39 Å². The molecule has 32 heavy (non-hydrogen) atoms. The van der Waals surface area contributed by atoms with Gasteiger partial charge in [-0.1, -0.05) is 6.07 Å². The first-order valence-electron chi connectivity index (χ1n) is 10.2. The number of benzene rings is 1. The summed E-state index contributed by atoms with van der Waals surface area (Å²) in [7, 11) is 1.49. The lowest BCUT2D eigenvalue weighted by Crippen LogP contribution is -2.59. The lowest BCUT2D eigenvalue weighted by molar-refractivity contribution is -0.121. The predicted octanol–water partition coefficient (Wildman–Crippen LogP) is 2.96. The Kier molecular flexibility index (Phi) is 4.65. The molecule has 10 heteroatoms. The molecule has 1 saturated carbocycles. The highest BCUT2D eigenvalue weighted by Crippen LogP contribution is 2.37. The highest BCUT2D eigenvalue weighted by atomic mass is 19.1. The van der Waals surface area contributed by atoms with Crippen LogP contribution in [0.3, 0.4) is 0 Å². The molecule has 5 rings (SSSR count). The van der Waals surface area contributed by atoms with Crippen LogP contribution in [0.5, 0.6) is 5.88 Å². The van der Waals surface area contributed by atoms with Crippen LogP contribution in [0.1, 0.15) is 26.7 Å². The number of carbonyl (C=O) groups excluding carboxylic acids is 1. The molecule has 0 saturated heterocycles. The van der Waals surface area contributed by atoms with Crippen molar-refractivity contribution in [2.24, 2.45) is 0 Å². The number of ether oxygens (including phenoxy) is 1. The van der Waals surface area contributed by atoms with E-state index in [0.717, 1.165) is 18.4 Å². The topological polar surface area (TPSA) is 106 Å². The number of rotatable bonds is 5. The standard InChI is InChI=1S/C22H22FN7O2/c1-12(31)28-22(2)9-14(10-22)26-21-27-20(32-3)19-18(15(23)11-30(19)29-21)13-4-5-16-17(8-13)25-7-6-24-16/h4-8,11,14H,9-10H2,1-3H3,(H,26,29)(H,28,31). The Balaban J connectivity index is 1.49. The number of carbonyl (C=O) groups is 1. The minimum absolute atomic E-state index is 0.0553. The molecule has 0 aliphatic heterocycles. The second-order valence-electron chi connectivity index (χ2n) is 8.34. The largest absolute Gasteiger partial charge is 0.479 e. The number of aromatic nitrogens is 5. The van der Waals surface area contributed by atoms with Crippen molar-refractivity contribution >= 4 is 28.4 Å². The zero-order valence-electron chi connectivity index (χ0n) is 17.9. The van der Waals surface area contributed by atoms with Crippen LogP contribution >= 0.6 is 0 Å². The van der Waals surface area contributed by atoms with Crippen molar-refractivity contribution in [2.75, 3.05) is 12.4 Å². The molecule has 0 unspecified atom stereocenters. The maximum absolute atomic E-state index is 15.1. The highest BCUT2D eigenvalue weighted by molar-refractivity contribution is 5.89. The van der Waals surface area contributed by atoms with Crippen molar-refractivity contribution in [3.05, 3.63) is 42.6 Å². The number of fused-ring (bicyclic) bond motifs is 2. The second kappa shape index (κ2) is 7.40. The molecule has 3 aromatic heterocycles. The van der Waals surface area contributed by atoms with Crippen LogP contribution < -0.4 is 15.4 Å². The summed E-state index contributed by atoms with van der Waals surface area (Å²) in [6, 6.07) is 5.46. The van der Waals surface area contributed by atoms with Crippen molar-refractivity contribution in [1.82, 2.24) is 29.9 Å². The van der Waals surface area contributed by atoms with Crippen LogP contribution in [0.2, 0.25) is 0 Å². The summed E-state index contributed by atoms with van der Waals surface area (Å²) in [5.74, 6) is 0.0833. The van der Waals surface area contributed by atoms with Gasteiger partial charge < -0.3 is 15.4 Å². The highest BCUT2D eigenvalue weighted by Gasteiger charge is 2.41. The van der Waals surface area contributed by atoms with Gasteiger partial charge in [0.15, 0.2) is 5.82 Å². The quantitative estimate of drug-likeness (QED) is 0.496. The molecule has 1 aromatic carbocycles. The first-order chi connectivity index (χ1) is 15.3. The lowest BCUT2D eigenvalue weighted by Gasteiger charge is -2.45. The minimum Gasteiger partial charge on any atom is -0.479 e. The van der Waals surface area contributed by atoms with Gasteiger partial charge in [0, 0.05) is 30.9 Å². The molecule has 1 amide bonds. The lowest BCUT2D eigenvalue weighted by atomic mass is 9.74. The Morgan fingerprint density at radius 3 is 2.72 bits per heavy atom. The van der Waals surface area contributed by atoms with E-state index in [9.17, 15) is 4.79 Å². The number of amides is 1. The van der Waals surface area contributed by atoms with Gasteiger partial charge in [0.05, 0.1) is 29.9 Å². The number of hydrogen-bond donors (Lipinski definition) is 2. The van der Waals surface area contributed by atoms with Gasteiger partial charge in [-0.2, -0.15) is 4.98 Å². The number of methoxy groups -OCH3 is 1. The van der Waals surface area contributed by atoms with E-state index in [4.69, 9.17) is 4.74 Å². The van der Waals surface area contributed by atoms with Crippen molar-refractivity contribution in [1.29, 1.82) is 0 Å². The Labute approximate surface area is 183 Å². The van der Waals surface area contributed by atoms with Gasteiger partial charge in [-0.25, -0.2) is 8.91 Å². The van der Waals surface area contributed by atoms with E-state index in [2.05, 4.69) is 30.7 Å². The minimum atomic E-state index is -0.445. The van der Waals surface area contributed by atoms with Gasteiger partial charge in [0.1, 0.15) is 5.52 Å². The number of nitrogens with zero attached hydrogens (tertiary/aromatic N) is 5. The molecule has 0 bridgehead atoms. The van der Waals surface area contributed by atoms with Crippen LogP contribution in [-0.4, -0.2) is 49.2 Å². The monoisotopic (exact) mass is 435 g/mol. The summed E-state index contributed by atoms with van der Waals surface area (Å²) in [5.41, 5.74) is 2.53. The third-order valence-electron chi connectivity index (χ3n) is 5.71. The van der Waals surface area contributed by atoms with Crippen LogP contribution in [-0.2, 0) is 4.79 Å². The number of nitrogens with one attached hydrogen (secondary N) is 2. The van der Waals surface area contributed by atoms with Crippen LogP contribution in [0.25, 0.3) is 27.7 Å². The molecule has 0 radical (unpaired) electrons. The molecule has 0 spiro atoms. The molecule has 4 aromatic rings. The van der Waals surface area contributed by atoms with Crippen LogP contribution in [0, 0.1) is 5.82 Å². The average Bonchev–Trinajstić information content (AvgIpc) is 3.06. The summed E-state index contributed by atoms with van der Waals surface area (Å²) in [6.07, 6.45) is 5.99. The molecule has 0 atom stereocenters. The number of halogens is 1. The first kappa shape index (κ1) is 20.1. The Morgan fingerprint density at radius 1 is 1.25 bits per heavy atom.